The fourth-order valence-electron chi connectivity index (χ4n) is 3.28. The first-order chi connectivity index (χ1) is 16.4. The van der Waals surface area contributed by atoms with E-state index in [1.54, 1.807) is 12.1 Å². The van der Waals surface area contributed by atoms with Crippen LogP contribution in [0.2, 0.25) is 0 Å². The Morgan fingerprint density at radius 1 is 1.12 bits per heavy atom. The monoisotopic (exact) mass is 497 g/mol. The number of amides is 1. The molecule has 0 radical (unpaired) electrons. The fourth-order valence-corrected chi connectivity index (χ4v) is 4.89. The third-order valence-electron chi connectivity index (χ3n) is 4.85. The number of carbonyl (C=O) groups excluding carboxylic acids is 1. The van der Waals surface area contributed by atoms with Crippen molar-refractivity contribution in [3.8, 4) is 17.0 Å². The Balaban J connectivity index is 1.39. The van der Waals surface area contributed by atoms with Gasteiger partial charge in [0.2, 0.25) is 5.91 Å². The lowest BCUT2D eigenvalue weighted by atomic mass is 10.2. The summed E-state index contributed by atoms with van der Waals surface area (Å²) in [5.41, 5.74) is 1.83. The van der Waals surface area contributed by atoms with Crippen LogP contribution in [0, 0.1) is 5.82 Å². The maximum Gasteiger partial charge on any atom is 0.236 e. The summed E-state index contributed by atoms with van der Waals surface area (Å²) >= 11 is 2.69. The van der Waals surface area contributed by atoms with Gasteiger partial charge in [-0.3, -0.25) is 4.79 Å². The Morgan fingerprint density at radius 3 is 2.56 bits per heavy atom. The normalized spacial score (nSPS) is 12.0. The summed E-state index contributed by atoms with van der Waals surface area (Å²) in [5.74, 6) is 0.845. The van der Waals surface area contributed by atoms with Gasteiger partial charge < -0.3 is 14.6 Å². The first-order valence-electron chi connectivity index (χ1n) is 10.7. The lowest BCUT2D eigenvalue weighted by Crippen LogP contribution is -2.16. The molecule has 10 heteroatoms. The second-order valence-corrected chi connectivity index (χ2v) is 9.56. The van der Waals surface area contributed by atoms with Gasteiger partial charge in [-0.15, -0.1) is 21.5 Å². The molecule has 0 fully saturated rings. The second-order valence-electron chi connectivity index (χ2n) is 7.76. The number of ether oxygens (including phenoxy) is 1. The van der Waals surface area contributed by atoms with Gasteiger partial charge in [0, 0.05) is 17.0 Å². The first-order valence-corrected chi connectivity index (χ1v) is 12.6. The van der Waals surface area contributed by atoms with Crippen molar-refractivity contribution in [3.63, 3.8) is 0 Å². The van der Waals surface area contributed by atoms with Crippen LogP contribution in [0.15, 0.2) is 65.1 Å². The molecule has 0 bridgehead atoms. The molecule has 0 aliphatic heterocycles. The Bertz CT molecular complexity index is 1240. The average Bonchev–Trinajstić information content (AvgIpc) is 3.47. The van der Waals surface area contributed by atoms with E-state index in [1.165, 1.54) is 35.2 Å². The van der Waals surface area contributed by atoms with Crippen LogP contribution >= 0.6 is 23.1 Å². The Kier molecular flexibility index (Phi) is 7.59. The third kappa shape index (κ3) is 5.81. The maximum absolute atomic E-state index is 13.2. The van der Waals surface area contributed by atoms with Crippen LogP contribution in [0.3, 0.4) is 0 Å². The van der Waals surface area contributed by atoms with Crippen molar-refractivity contribution < 1.29 is 13.9 Å². The van der Waals surface area contributed by atoms with Crippen molar-refractivity contribution >= 4 is 34.1 Å². The minimum atomic E-state index is -0.407. The predicted molar refractivity (Wildman–Crippen MR) is 133 cm³/mol. The largest absolute Gasteiger partial charge is 0.483 e. The number of anilines is 1. The topological polar surface area (TPSA) is 81.9 Å². The number of halogens is 1. The molecule has 0 saturated heterocycles. The summed E-state index contributed by atoms with van der Waals surface area (Å²) in [6, 6.07) is 15.7. The molecule has 1 amide bonds. The number of aromatic nitrogens is 4. The van der Waals surface area contributed by atoms with Gasteiger partial charge in [-0.1, -0.05) is 42.1 Å². The Morgan fingerprint density at radius 2 is 1.85 bits per heavy atom. The van der Waals surface area contributed by atoms with Gasteiger partial charge >= 0.3 is 0 Å². The summed E-state index contributed by atoms with van der Waals surface area (Å²) in [4.78, 5) is 17.0. The van der Waals surface area contributed by atoms with Crippen LogP contribution < -0.4 is 10.1 Å². The molecule has 7 nitrogen and oxygen atoms in total. The van der Waals surface area contributed by atoms with Crippen LogP contribution in [-0.4, -0.2) is 31.4 Å². The zero-order chi connectivity index (χ0) is 24.1. The molecule has 4 aromatic rings. The molecule has 0 aliphatic carbocycles. The van der Waals surface area contributed by atoms with Crippen molar-refractivity contribution in [2.24, 2.45) is 0 Å². The molecule has 1 N–H and O–H groups in total. The number of hydrogen-bond acceptors (Lipinski definition) is 7. The molecule has 176 valence electrons. The summed E-state index contributed by atoms with van der Waals surface area (Å²) in [5, 5.41) is 14.5. The number of nitrogens with one attached hydrogen (secondary N) is 1. The van der Waals surface area contributed by atoms with Crippen LogP contribution in [0.4, 0.5) is 9.52 Å². The van der Waals surface area contributed by atoms with Gasteiger partial charge in [0.05, 0.1) is 11.4 Å². The standard InChI is InChI=1S/C24H24FN5O2S2/c1-15(2)30-22(16(3)32-19-11-9-18(25)10-12-19)28-29-24(30)34-14-21(31)27-23-26-20(13-33-23)17-7-5-4-6-8-17/h4-13,15-16H,14H2,1-3H3,(H,26,27,31). The van der Waals surface area contributed by atoms with E-state index in [2.05, 4.69) is 20.5 Å². The van der Waals surface area contributed by atoms with Gasteiger partial charge in [-0.25, -0.2) is 9.37 Å². The van der Waals surface area contributed by atoms with E-state index < -0.39 is 6.10 Å². The van der Waals surface area contributed by atoms with Gasteiger partial charge in [-0.05, 0) is 45.0 Å². The van der Waals surface area contributed by atoms with Crippen molar-refractivity contribution in [1.29, 1.82) is 0 Å². The Hall–Kier alpha value is -3.24. The van der Waals surface area contributed by atoms with E-state index in [-0.39, 0.29) is 23.5 Å². The van der Waals surface area contributed by atoms with E-state index in [9.17, 15) is 9.18 Å². The zero-order valence-corrected chi connectivity index (χ0v) is 20.6. The molecule has 4 rings (SSSR count). The highest BCUT2D eigenvalue weighted by Crippen LogP contribution is 2.28. The smallest absolute Gasteiger partial charge is 0.236 e. The number of benzene rings is 2. The minimum Gasteiger partial charge on any atom is -0.483 e. The van der Waals surface area contributed by atoms with Crippen molar-refractivity contribution in [2.45, 2.75) is 38.1 Å². The van der Waals surface area contributed by atoms with Crippen LogP contribution in [0.1, 0.15) is 38.7 Å². The molecule has 0 saturated carbocycles. The maximum atomic E-state index is 13.2. The summed E-state index contributed by atoms with van der Waals surface area (Å²) < 4.78 is 21.0. The van der Waals surface area contributed by atoms with E-state index >= 15 is 0 Å². The molecule has 1 atom stereocenters. The molecule has 2 aromatic carbocycles. The lowest BCUT2D eigenvalue weighted by Gasteiger charge is -2.18. The third-order valence-corrected chi connectivity index (χ3v) is 6.55. The number of carbonyl (C=O) groups is 1. The van der Waals surface area contributed by atoms with Gasteiger partial charge in [0.15, 0.2) is 22.2 Å². The first kappa shape index (κ1) is 23.9. The number of thioether (sulfide) groups is 1. The SMILES string of the molecule is CC(Oc1ccc(F)cc1)c1nnc(SCC(=O)Nc2nc(-c3ccccc3)cs2)n1C(C)C. The summed E-state index contributed by atoms with van der Waals surface area (Å²) in [6.45, 7) is 5.89. The number of rotatable bonds is 9. The molecule has 0 spiro atoms. The van der Waals surface area contributed by atoms with Gasteiger partial charge in [0.25, 0.3) is 0 Å². The molecular formula is C24H24FN5O2S2. The molecule has 2 heterocycles. The van der Waals surface area contributed by atoms with E-state index in [1.807, 2.05) is 61.1 Å². The molecule has 2 aromatic heterocycles. The van der Waals surface area contributed by atoms with E-state index in [4.69, 9.17) is 4.74 Å². The Labute approximate surface area is 205 Å². The van der Waals surface area contributed by atoms with Crippen molar-refractivity contribution in [3.05, 3.63) is 71.6 Å². The highest BCUT2D eigenvalue weighted by molar-refractivity contribution is 7.99. The number of nitrogens with zero attached hydrogens (tertiary/aromatic N) is 4. The molecule has 1 unspecified atom stereocenters. The summed E-state index contributed by atoms with van der Waals surface area (Å²) in [6.07, 6.45) is -0.407. The average molecular weight is 498 g/mol. The summed E-state index contributed by atoms with van der Waals surface area (Å²) in [7, 11) is 0. The second kappa shape index (κ2) is 10.8. The molecular weight excluding hydrogens is 473 g/mol. The lowest BCUT2D eigenvalue weighted by molar-refractivity contribution is -0.113. The quantitative estimate of drug-likeness (QED) is 0.286. The molecule has 34 heavy (non-hydrogen) atoms. The van der Waals surface area contributed by atoms with Crippen molar-refractivity contribution in [1.82, 2.24) is 19.7 Å². The minimum absolute atomic E-state index is 0.0576. The zero-order valence-electron chi connectivity index (χ0n) is 18.9. The van der Waals surface area contributed by atoms with Crippen LogP contribution in [0.25, 0.3) is 11.3 Å². The van der Waals surface area contributed by atoms with Gasteiger partial charge in [0.1, 0.15) is 11.6 Å². The van der Waals surface area contributed by atoms with Crippen LogP contribution in [-0.2, 0) is 4.79 Å². The van der Waals surface area contributed by atoms with Crippen LogP contribution in [0.5, 0.6) is 5.75 Å². The number of thiazole rings is 1. The van der Waals surface area contributed by atoms with Crippen molar-refractivity contribution in [2.75, 3.05) is 11.1 Å². The number of hydrogen-bond donors (Lipinski definition) is 1. The van der Waals surface area contributed by atoms with Gasteiger partial charge in [-0.2, -0.15) is 0 Å². The highest BCUT2D eigenvalue weighted by Gasteiger charge is 2.22. The van der Waals surface area contributed by atoms with E-state index in [0.717, 1.165) is 11.3 Å². The predicted octanol–water partition coefficient (Wildman–Crippen LogP) is 5.99. The van der Waals surface area contributed by atoms with E-state index in [0.29, 0.717) is 21.9 Å². The molecule has 0 aliphatic rings. The highest BCUT2D eigenvalue weighted by atomic mass is 32.2. The fraction of sp³-hybridized carbons (Fsp3) is 0.250.